The van der Waals surface area contributed by atoms with Crippen molar-refractivity contribution in [3.05, 3.63) is 45.1 Å². The molecule has 3 nitrogen and oxygen atoms in total. The first-order valence-electron chi connectivity index (χ1n) is 5.30. The summed E-state index contributed by atoms with van der Waals surface area (Å²) in [7, 11) is 3.06. The van der Waals surface area contributed by atoms with Crippen LogP contribution in [-0.4, -0.2) is 19.3 Å². The molecule has 1 aromatic heterocycles. The Kier molecular flexibility index (Phi) is 4.11. The van der Waals surface area contributed by atoms with Crippen LogP contribution in [0.25, 0.3) is 0 Å². The summed E-state index contributed by atoms with van der Waals surface area (Å²) < 4.78 is 10.4. The highest BCUT2D eigenvalue weighted by Gasteiger charge is 2.17. The smallest absolute Gasteiger partial charge is 0.179 e. The van der Waals surface area contributed by atoms with Crippen molar-refractivity contribution in [1.29, 1.82) is 0 Å². The van der Waals surface area contributed by atoms with Gasteiger partial charge in [-0.1, -0.05) is 17.7 Å². The van der Waals surface area contributed by atoms with E-state index in [1.54, 1.807) is 12.1 Å². The molecule has 0 saturated carbocycles. The van der Waals surface area contributed by atoms with Gasteiger partial charge in [-0.3, -0.25) is 0 Å². The Morgan fingerprint density at radius 1 is 1.28 bits per heavy atom. The van der Waals surface area contributed by atoms with Crippen molar-refractivity contribution < 1.29 is 14.6 Å². The Balaban J connectivity index is 2.43. The van der Waals surface area contributed by atoms with Crippen molar-refractivity contribution in [2.24, 2.45) is 0 Å². The van der Waals surface area contributed by atoms with Gasteiger partial charge in [0.05, 0.1) is 19.2 Å². The first kappa shape index (κ1) is 13.2. The highest BCUT2D eigenvalue weighted by atomic mass is 35.5. The fourth-order valence-electron chi connectivity index (χ4n) is 1.71. The molecule has 0 fully saturated rings. The number of halogens is 1. The number of aliphatic hydroxyl groups is 1. The van der Waals surface area contributed by atoms with E-state index in [1.165, 1.54) is 25.6 Å². The van der Waals surface area contributed by atoms with Crippen molar-refractivity contribution in [2.45, 2.75) is 6.10 Å². The van der Waals surface area contributed by atoms with Gasteiger partial charge >= 0.3 is 0 Å². The SMILES string of the molecule is COc1cc(C(O)c2cccs2)cc(Cl)c1OC. The lowest BCUT2D eigenvalue weighted by Crippen LogP contribution is -2.00. The molecular formula is C13H13ClO3S. The summed E-state index contributed by atoms with van der Waals surface area (Å²) in [5.41, 5.74) is 0.681. The van der Waals surface area contributed by atoms with E-state index in [4.69, 9.17) is 21.1 Å². The molecule has 0 amide bonds. The van der Waals surface area contributed by atoms with Gasteiger partial charge in [-0.15, -0.1) is 11.3 Å². The molecule has 0 aliphatic heterocycles. The van der Waals surface area contributed by atoms with Gasteiger partial charge in [-0.2, -0.15) is 0 Å². The van der Waals surface area contributed by atoms with Gasteiger partial charge in [-0.25, -0.2) is 0 Å². The number of thiophene rings is 1. The van der Waals surface area contributed by atoms with Gasteiger partial charge in [0.1, 0.15) is 6.10 Å². The van der Waals surface area contributed by atoms with Crippen LogP contribution in [0.3, 0.4) is 0 Å². The second-order valence-corrected chi connectivity index (χ2v) is 5.04. The summed E-state index contributed by atoms with van der Waals surface area (Å²) in [5.74, 6) is 0.983. The monoisotopic (exact) mass is 284 g/mol. The first-order valence-corrected chi connectivity index (χ1v) is 6.56. The van der Waals surface area contributed by atoms with Crippen molar-refractivity contribution in [2.75, 3.05) is 14.2 Å². The molecule has 0 bridgehead atoms. The maximum Gasteiger partial charge on any atom is 0.179 e. The van der Waals surface area contributed by atoms with Crippen LogP contribution in [0.1, 0.15) is 16.5 Å². The molecule has 0 aliphatic carbocycles. The molecular weight excluding hydrogens is 272 g/mol. The minimum absolute atomic E-state index is 0.419. The van der Waals surface area contributed by atoms with Crippen LogP contribution in [0.15, 0.2) is 29.6 Å². The topological polar surface area (TPSA) is 38.7 Å². The molecule has 0 radical (unpaired) electrons. The van der Waals surface area contributed by atoms with Crippen LogP contribution in [0.2, 0.25) is 5.02 Å². The fourth-order valence-corrected chi connectivity index (χ4v) is 2.74. The molecule has 0 spiro atoms. The predicted octanol–water partition coefficient (Wildman–Crippen LogP) is 3.50. The summed E-state index contributed by atoms with van der Waals surface area (Å²) in [6, 6.07) is 7.19. The van der Waals surface area contributed by atoms with Gasteiger partial charge in [0, 0.05) is 4.88 Å². The van der Waals surface area contributed by atoms with Crippen LogP contribution < -0.4 is 9.47 Å². The fraction of sp³-hybridized carbons (Fsp3) is 0.231. The van der Waals surface area contributed by atoms with Crippen molar-refractivity contribution in [3.8, 4) is 11.5 Å². The molecule has 0 saturated heterocycles. The maximum absolute atomic E-state index is 10.2. The molecule has 1 unspecified atom stereocenters. The average molecular weight is 285 g/mol. The number of hydrogen-bond acceptors (Lipinski definition) is 4. The van der Waals surface area contributed by atoms with E-state index >= 15 is 0 Å². The highest BCUT2D eigenvalue weighted by molar-refractivity contribution is 7.10. The standard InChI is InChI=1S/C13H13ClO3S/c1-16-10-7-8(6-9(14)13(10)17-2)12(15)11-4-3-5-18-11/h3-7,12,15H,1-2H3. The van der Waals surface area contributed by atoms with Gasteiger partial charge in [-0.05, 0) is 29.1 Å². The molecule has 2 aromatic rings. The van der Waals surface area contributed by atoms with E-state index in [0.29, 0.717) is 22.1 Å². The van der Waals surface area contributed by atoms with E-state index in [2.05, 4.69) is 0 Å². The Bertz CT molecular complexity index is 525. The molecule has 1 N–H and O–H groups in total. The third-order valence-corrected chi connectivity index (χ3v) is 3.79. The molecule has 18 heavy (non-hydrogen) atoms. The first-order chi connectivity index (χ1) is 8.67. The Labute approximate surface area is 115 Å². The number of hydrogen-bond donors (Lipinski definition) is 1. The quantitative estimate of drug-likeness (QED) is 0.934. The average Bonchev–Trinajstić information content (AvgIpc) is 2.90. The number of ether oxygens (including phenoxy) is 2. The highest BCUT2D eigenvalue weighted by Crippen LogP contribution is 2.39. The predicted molar refractivity (Wildman–Crippen MR) is 72.9 cm³/mol. The van der Waals surface area contributed by atoms with E-state index in [0.717, 1.165) is 4.88 Å². The van der Waals surface area contributed by atoms with Crippen LogP contribution in [0.5, 0.6) is 11.5 Å². The largest absolute Gasteiger partial charge is 0.493 e. The Morgan fingerprint density at radius 2 is 2.06 bits per heavy atom. The second kappa shape index (κ2) is 5.61. The van der Waals surface area contributed by atoms with Gasteiger partial charge < -0.3 is 14.6 Å². The molecule has 1 heterocycles. The van der Waals surface area contributed by atoms with Crippen LogP contribution in [-0.2, 0) is 0 Å². The summed E-state index contributed by atoms with van der Waals surface area (Å²) in [5, 5.41) is 12.6. The zero-order chi connectivity index (χ0) is 13.1. The van der Waals surface area contributed by atoms with E-state index in [1.807, 2.05) is 17.5 Å². The lowest BCUT2D eigenvalue weighted by atomic mass is 10.1. The van der Waals surface area contributed by atoms with E-state index < -0.39 is 6.10 Å². The lowest BCUT2D eigenvalue weighted by Gasteiger charge is -2.14. The Hall–Kier alpha value is -1.23. The maximum atomic E-state index is 10.2. The van der Waals surface area contributed by atoms with Gasteiger partial charge in [0.15, 0.2) is 11.5 Å². The molecule has 0 aliphatic rings. The number of aliphatic hydroxyl groups excluding tert-OH is 1. The normalized spacial score (nSPS) is 12.2. The summed E-state index contributed by atoms with van der Waals surface area (Å²) in [4.78, 5) is 0.860. The molecule has 5 heteroatoms. The molecule has 1 atom stereocenters. The number of rotatable bonds is 4. The molecule has 96 valence electrons. The zero-order valence-electron chi connectivity index (χ0n) is 10.0. The van der Waals surface area contributed by atoms with E-state index in [-0.39, 0.29) is 0 Å². The third-order valence-electron chi connectivity index (χ3n) is 2.58. The van der Waals surface area contributed by atoms with Gasteiger partial charge in [0.25, 0.3) is 0 Å². The summed E-state index contributed by atoms with van der Waals surface area (Å²) in [6.07, 6.45) is -0.706. The molecule has 2 rings (SSSR count). The van der Waals surface area contributed by atoms with E-state index in [9.17, 15) is 5.11 Å². The summed E-state index contributed by atoms with van der Waals surface area (Å²) in [6.45, 7) is 0. The number of benzene rings is 1. The third kappa shape index (κ3) is 2.46. The minimum Gasteiger partial charge on any atom is -0.493 e. The van der Waals surface area contributed by atoms with Crippen molar-refractivity contribution in [1.82, 2.24) is 0 Å². The van der Waals surface area contributed by atoms with Crippen LogP contribution in [0, 0.1) is 0 Å². The van der Waals surface area contributed by atoms with Crippen molar-refractivity contribution in [3.63, 3.8) is 0 Å². The second-order valence-electron chi connectivity index (χ2n) is 3.66. The van der Waals surface area contributed by atoms with Gasteiger partial charge in [0.2, 0.25) is 0 Å². The zero-order valence-corrected chi connectivity index (χ0v) is 11.6. The number of methoxy groups -OCH3 is 2. The molecule has 1 aromatic carbocycles. The van der Waals surface area contributed by atoms with Crippen LogP contribution in [0.4, 0.5) is 0 Å². The Morgan fingerprint density at radius 3 is 2.61 bits per heavy atom. The minimum atomic E-state index is -0.706. The van der Waals surface area contributed by atoms with Crippen LogP contribution >= 0.6 is 22.9 Å². The van der Waals surface area contributed by atoms with Crippen molar-refractivity contribution >= 4 is 22.9 Å². The lowest BCUT2D eigenvalue weighted by molar-refractivity contribution is 0.223. The summed E-state index contributed by atoms with van der Waals surface area (Å²) >= 11 is 7.60.